The van der Waals surface area contributed by atoms with E-state index in [1.807, 2.05) is 6.07 Å². The number of fused-ring (bicyclic) bond motifs is 3. The normalized spacial score (nSPS) is 33.8. The third kappa shape index (κ3) is 5.39. The Kier molecular flexibility index (Phi) is 8.13. The fourth-order valence-corrected chi connectivity index (χ4v) is 5.89. The Morgan fingerprint density at radius 1 is 1.09 bits per heavy atom. The van der Waals surface area contributed by atoms with Crippen LogP contribution in [0.5, 0.6) is 11.5 Å². The molecule has 0 radical (unpaired) electrons. The highest BCUT2D eigenvalue weighted by Crippen LogP contribution is 2.54. The lowest BCUT2D eigenvalue weighted by Crippen LogP contribution is -2.57. The van der Waals surface area contributed by atoms with Crippen LogP contribution >= 0.6 is 0 Å². The molecule has 2 aliphatic heterocycles. The number of benzene rings is 1. The van der Waals surface area contributed by atoms with E-state index >= 15 is 0 Å². The first-order valence-corrected chi connectivity index (χ1v) is 13.2. The zero-order valence-corrected chi connectivity index (χ0v) is 21.4. The van der Waals surface area contributed by atoms with Gasteiger partial charge in [0.25, 0.3) is 0 Å². The summed E-state index contributed by atoms with van der Waals surface area (Å²) in [6.07, 6.45) is 4.20. The van der Waals surface area contributed by atoms with Crippen molar-refractivity contribution >= 4 is 0 Å². The minimum absolute atomic E-state index is 0.100. The zero-order chi connectivity index (χ0) is 25.3. The summed E-state index contributed by atoms with van der Waals surface area (Å²) in [4.78, 5) is 0. The second kappa shape index (κ2) is 10.8. The molecule has 196 valence electrons. The van der Waals surface area contributed by atoms with E-state index in [0.29, 0.717) is 5.75 Å². The van der Waals surface area contributed by atoms with Crippen LogP contribution in [-0.4, -0.2) is 57.4 Å². The fraction of sp³-hybridized carbons (Fsp3) is 0.714. The summed E-state index contributed by atoms with van der Waals surface area (Å²) in [6.45, 7) is 8.19. The summed E-state index contributed by atoms with van der Waals surface area (Å²) in [5.41, 5.74) is 3.04. The van der Waals surface area contributed by atoms with Gasteiger partial charge >= 0.3 is 0 Å². The predicted octanol–water partition coefficient (Wildman–Crippen LogP) is 3.80. The van der Waals surface area contributed by atoms with Crippen LogP contribution in [0.15, 0.2) is 23.8 Å². The molecule has 2 heterocycles. The van der Waals surface area contributed by atoms with Crippen molar-refractivity contribution in [2.45, 2.75) is 109 Å². The van der Waals surface area contributed by atoms with E-state index in [9.17, 15) is 20.4 Å². The molecule has 4 N–H and O–H groups in total. The first-order chi connectivity index (χ1) is 16.7. The van der Waals surface area contributed by atoms with E-state index in [4.69, 9.17) is 14.2 Å². The van der Waals surface area contributed by atoms with Gasteiger partial charge in [-0.1, -0.05) is 37.8 Å². The molecule has 1 aromatic carbocycles. The van der Waals surface area contributed by atoms with Crippen molar-refractivity contribution in [2.75, 3.05) is 6.61 Å². The van der Waals surface area contributed by atoms with Crippen molar-refractivity contribution in [2.24, 2.45) is 11.8 Å². The van der Waals surface area contributed by atoms with Gasteiger partial charge in [0.1, 0.15) is 23.2 Å². The number of aliphatic hydroxyl groups is 4. The van der Waals surface area contributed by atoms with Gasteiger partial charge in [0, 0.05) is 17.4 Å². The van der Waals surface area contributed by atoms with Crippen LogP contribution in [-0.2, 0) is 11.2 Å². The number of allylic oxidation sites excluding steroid dienone is 2. The molecule has 4 rings (SSSR count). The van der Waals surface area contributed by atoms with E-state index in [1.54, 1.807) is 0 Å². The van der Waals surface area contributed by atoms with E-state index in [0.717, 1.165) is 49.0 Å². The summed E-state index contributed by atoms with van der Waals surface area (Å²) in [7, 11) is 0. The molecule has 7 heteroatoms. The highest BCUT2D eigenvalue weighted by atomic mass is 16.7. The maximum absolute atomic E-state index is 10.4. The van der Waals surface area contributed by atoms with Crippen molar-refractivity contribution in [1.29, 1.82) is 0 Å². The van der Waals surface area contributed by atoms with E-state index in [2.05, 4.69) is 39.8 Å². The topological polar surface area (TPSA) is 109 Å². The van der Waals surface area contributed by atoms with Gasteiger partial charge in [-0.05, 0) is 64.2 Å². The van der Waals surface area contributed by atoms with Crippen molar-refractivity contribution in [3.8, 4) is 11.5 Å². The standard InChI is InChI=1S/C28H42O7/c1-5-6-7-8-9-17-13-21(33-27-19(15-29)24(30)25(31)26(32)34-27)23-18-12-16(2)10-11-20(18)28(3,4)35-22(23)14-17/h12-14,18-20,24-27,29-32H,5-11,15H2,1-4H3/t18?,19-,20?,24-,25+,26+,27+/m1/s1. The highest BCUT2D eigenvalue weighted by Gasteiger charge is 2.48. The highest BCUT2D eigenvalue weighted by molar-refractivity contribution is 5.54. The number of aliphatic hydroxyl groups excluding tert-OH is 4. The Balaban J connectivity index is 1.74. The minimum Gasteiger partial charge on any atom is -0.487 e. The van der Waals surface area contributed by atoms with Gasteiger partial charge in [-0.3, -0.25) is 0 Å². The van der Waals surface area contributed by atoms with E-state index in [1.165, 1.54) is 18.4 Å². The summed E-state index contributed by atoms with van der Waals surface area (Å²) >= 11 is 0. The van der Waals surface area contributed by atoms with E-state index < -0.39 is 37.3 Å². The van der Waals surface area contributed by atoms with Gasteiger partial charge in [0.15, 0.2) is 6.29 Å². The van der Waals surface area contributed by atoms with Crippen LogP contribution in [0.25, 0.3) is 0 Å². The summed E-state index contributed by atoms with van der Waals surface area (Å²) < 4.78 is 18.5. The Bertz CT molecular complexity index is 911. The van der Waals surface area contributed by atoms with Crippen LogP contribution in [0.4, 0.5) is 0 Å². The molecule has 7 atom stereocenters. The van der Waals surface area contributed by atoms with Crippen LogP contribution in [0.1, 0.15) is 83.3 Å². The molecule has 1 aliphatic carbocycles. The smallest absolute Gasteiger partial charge is 0.210 e. The molecular weight excluding hydrogens is 448 g/mol. The number of hydrogen-bond acceptors (Lipinski definition) is 7. The van der Waals surface area contributed by atoms with Gasteiger partial charge in [-0.2, -0.15) is 0 Å². The van der Waals surface area contributed by atoms with Gasteiger partial charge in [0.05, 0.1) is 18.6 Å². The molecule has 0 saturated carbocycles. The van der Waals surface area contributed by atoms with Crippen LogP contribution in [0, 0.1) is 11.8 Å². The Morgan fingerprint density at radius 2 is 1.86 bits per heavy atom. The average Bonchev–Trinajstić information content (AvgIpc) is 2.80. The third-order valence-corrected chi connectivity index (χ3v) is 7.99. The van der Waals surface area contributed by atoms with Crippen LogP contribution in [0.2, 0.25) is 0 Å². The molecule has 0 bridgehead atoms. The van der Waals surface area contributed by atoms with Gasteiger partial charge in [0.2, 0.25) is 6.29 Å². The number of aryl methyl sites for hydroxylation is 1. The largest absolute Gasteiger partial charge is 0.487 e. The van der Waals surface area contributed by atoms with Gasteiger partial charge in [-0.25, -0.2) is 0 Å². The van der Waals surface area contributed by atoms with Crippen molar-refractivity contribution in [3.05, 3.63) is 34.9 Å². The molecule has 0 amide bonds. The summed E-state index contributed by atoms with van der Waals surface area (Å²) in [5.74, 6) is 0.850. The first-order valence-electron chi connectivity index (χ1n) is 13.2. The monoisotopic (exact) mass is 490 g/mol. The second-order valence-corrected chi connectivity index (χ2v) is 11.0. The average molecular weight is 491 g/mol. The molecule has 2 unspecified atom stereocenters. The van der Waals surface area contributed by atoms with Gasteiger partial charge in [-0.15, -0.1) is 0 Å². The molecule has 1 aromatic rings. The molecule has 1 saturated heterocycles. The molecule has 7 nitrogen and oxygen atoms in total. The molecule has 35 heavy (non-hydrogen) atoms. The maximum atomic E-state index is 10.4. The number of rotatable bonds is 8. The minimum atomic E-state index is -1.61. The lowest BCUT2D eigenvalue weighted by molar-refractivity contribution is -0.313. The first kappa shape index (κ1) is 26.4. The summed E-state index contributed by atoms with van der Waals surface area (Å²) in [6, 6.07) is 4.14. The molecular formula is C28H42O7. The van der Waals surface area contributed by atoms with E-state index in [-0.39, 0.29) is 17.4 Å². The van der Waals surface area contributed by atoms with Gasteiger partial charge < -0.3 is 34.6 Å². The lowest BCUT2D eigenvalue weighted by Gasteiger charge is -2.47. The van der Waals surface area contributed by atoms with Crippen molar-refractivity contribution in [3.63, 3.8) is 0 Å². The molecule has 3 aliphatic rings. The lowest BCUT2D eigenvalue weighted by atomic mass is 9.68. The quantitative estimate of drug-likeness (QED) is 0.324. The van der Waals surface area contributed by atoms with Crippen LogP contribution in [0.3, 0.4) is 0 Å². The molecule has 0 spiro atoms. The van der Waals surface area contributed by atoms with Crippen molar-refractivity contribution < 1.29 is 34.6 Å². The Hall–Kier alpha value is -1.64. The van der Waals surface area contributed by atoms with Crippen molar-refractivity contribution in [1.82, 2.24) is 0 Å². The number of unbranched alkanes of at least 4 members (excludes halogenated alkanes) is 3. The Morgan fingerprint density at radius 3 is 2.57 bits per heavy atom. The molecule has 0 aromatic heterocycles. The molecule has 1 fully saturated rings. The number of ether oxygens (including phenoxy) is 3. The maximum Gasteiger partial charge on any atom is 0.210 e. The predicted molar refractivity (Wildman–Crippen MR) is 132 cm³/mol. The van der Waals surface area contributed by atoms with Crippen LogP contribution < -0.4 is 9.47 Å². The second-order valence-electron chi connectivity index (χ2n) is 11.0. The zero-order valence-electron chi connectivity index (χ0n) is 21.4. The third-order valence-electron chi connectivity index (χ3n) is 7.99. The SMILES string of the molecule is CCCCCCc1cc(O[C@H]2O[C@H](O)[C@@H](O)[C@H](O)[C@H]2CO)c2c(c1)OC(C)(C)C1CCC(C)=CC21. The fourth-order valence-electron chi connectivity index (χ4n) is 5.89. The number of hydrogen-bond donors (Lipinski definition) is 4. The Labute approximate surface area is 208 Å². The summed E-state index contributed by atoms with van der Waals surface area (Å²) in [5, 5.41) is 40.5.